The zero-order chi connectivity index (χ0) is 20.9. The second-order valence-corrected chi connectivity index (χ2v) is 8.16. The number of thioether (sulfide) groups is 1. The summed E-state index contributed by atoms with van der Waals surface area (Å²) >= 11 is 7.45. The van der Waals surface area contributed by atoms with Gasteiger partial charge in [-0.15, -0.1) is 0 Å². The molecule has 0 aliphatic rings. The molecule has 0 aliphatic heterocycles. The van der Waals surface area contributed by atoms with E-state index in [4.69, 9.17) is 16.6 Å². The number of aromatic nitrogens is 2. The summed E-state index contributed by atoms with van der Waals surface area (Å²) in [6, 6.07) is 25.5. The van der Waals surface area contributed by atoms with Gasteiger partial charge in [0.2, 0.25) is 5.91 Å². The molecule has 4 nitrogen and oxygen atoms in total. The van der Waals surface area contributed by atoms with Crippen LogP contribution in [0.1, 0.15) is 5.56 Å². The van der Waals surface area contributed by atoms with Crippen molar-refractivity contribution >= 4 is 35.0 Å². The number of nitrogens with one attached hydrogen (secondary N) is 1. The van der Waals surface area contributed by atoms with E-state index in [1.165, 1.54) is 11.8 Å². The Morgan fingerprint density at radius 2 is 1.73 bits per heavy atom. The van der Waals surface area contributed by atoms with Gasteiger partial charge in [0.1, 0.15) is 0 Å². The molecule has 4 aromatic rings. The molecular weight excluding hydrogens is 414 g/mol. The van der Waals surface area contributed by atoms with E-state index < -0.39 is 0 Å². The van der Waals surface area contributed by atoms with Crippen LogP contribution in [-0.2, 0) is 4.79 Å². The molecule has 30 heavy (non-hydrogen) atoms. The van der Waals surface area contributed by atoms with Crippen molar-refractivity contribution in [1.29, 1.82) is 0 Å². The highest BCUT2D eigenvalue weighted by Crippen LogP contribution is 2.28. The van der Waals surface area contributed by atoms with Gasteiger partial charge in [-0.3, -0.25) is 9.36 Å². The molecule has 0 atom stereocenters. The van der Waals surface area contributed by atoms with E-state index in [1.807, 2.05) is 90.5 Å². The molecule has 0 aliphatic carbocycles. The topological polar surface area (TPSA) is 46.9 Å². The van der Waals surface area contributed by atoms with Crippen LogP contribution in [0.4, 0.5) is 5.69 Å². The number of anilines is 1. The Kier molecular flexibility index (Phi) is 6.21. The molecule has 6 heteroatoms. The van der Waals surface area contributed by atoms with Gasteiger partial charge in [-0.05, 0) is 36.8 Å². The second kappa shape index (κ2) is 9.20. The number of amides is 1. The number of carbonyl (C=O) groups is 1. The first-order valence-corrected chi connectivity index (χ1v) is 10.9. The Morgan fingerprint density at radius 3 is 2.47 bits per heavy atom. The van der Waals surface area contributed by atoms with E-state index in [0.29, 0.717) is 5.02 Å². The highest BCUT2D eigenvalue weighted by atomic mass is 35.5. The van der Waals surface area contributed by atoms with Crippen molar-refractivity contribution in [3.63, 3.8) is 0 Å². The van der Waals surface area contributed by atoms with Gasteiger partial charge >= 0.3 is 0 Å². The number of hydrogen-bond acceptors (Lipinski definition) is 3. The predicted octanol–water partition coefficient (Wildman–Crippen LogP) is 6.23. The van der Waals surface area contributed by atoms with E-state index >= 15 is 0 Å². The lowest BCUT2D eigenvalue weighted by atomic mass is 10.2. The Bertz CT molecular complexity index is 1160. The summed E-state index contributed by atoms with van der Waals surface area (Å²) in [5.74, 6) is 0.138. The fourth-order valence-corrected chi connectivity index (χ4v) is 4.00. The van der Waals surface area contributed by atoms with Gasteiger partial charge in [0.25, 0.3) is 0 Å². The maximum absolute atomic E-state index is 12.6. The van der Waals surface area contributed by atoms with Gasteiger partial charge in [0.05, 0.1) is 11.4 Å². The number of nitrogens with zero attached hydrogens (tertiary/aromatic N) is 2. The van der Waals surface area contributed by atoms with Crippen LogP contribution in [0.5, 0.6) is 0 Å². The van der Waals surface area contributed by atoms with Crippen molar-refractivity contribution in [2.24, 2.45) is 0 Å². The van der Waals surface area contributed by atoms with Crippen molar-refractivity contribution in [3.8, 4) is 16.9 Å². The number of benzene rings is 3. The Morgan fingerprint density at radius 1 is 1.03 bits per heavy atom. The first-order valence-electron chi connectivity index (χ1n) is 9.49. The SMILES string of the molecule is Cc1ccc(Cl)cc1NC(=O)CSc1nc(-c2ccccc2)cn1-c1ccccc1. The first-order chi connectivity index (χ1) is 14.6. The highest BCUT2D eigenvalue weighted by molar-refractivity contribution is 7.99. The van der Waals surface area contributed by atoms with Crippen molar-refractivity contribution in [3.05, 3.63) is 95.6 Å². The average Bonchev–Trinajstić information content (AvgIpc) is 3.20. The standard InChI is InChI=1S/C24H20ClN3OS/c1-17-12-13-19(25)14-21(17)26-23(29)16-30-24-27-22(18-8-4-2-5-9-18)15-28(24)20-10-6-3-7-11-20/h2-15H,16H2,1H3,(H,26,29). The third-order valence-corrected chi connectivity index (χ3v) is 5.77. The minimum Gasteiger partial charge on any atom is -0.325 e. The molecule has 0 saturated carbocycles. The lowest BCUT2D eigenvalue weighted by molar-refractivity contribution is -0.113. The molecule has 1 heterocycles. The minimum absolute atomic E-state index is 0.103. The normalized spacial score (nSPS) is 10.7. The summed E-state index contributed by atoms with van der Waals surface area (Å²) in [4.78, 5) is 17.4. The van der Waals surface area contributed by atoms with Crippen LogP contribution >= 0.6 is 23.4 Å². The van der Waals surface area contributed by atoms with Crippen molar-refractivity contribution in [1.82, 2.24) is 9.55 Å². The quantitative estimate of drug-likeness (QED) is 0.366. The number of rotatable bonds is 6. The fourth-order valence-electron chi connectivity index (χ4n) is 3.03. The summed E-state index contributed by atoms with van der Waals surface area (Å²) in [6.45, 7) is 1.94. The van der Waals surface area contributed by atoms with Crippen LogP contribution in [0.15, 0.2) is 90.2 Å². The Hall–Kier alpha value is -3.02. The molecule has 0 saturated heterocycles. The van der Waals surface area contributed by atoms with Gasteiger partial charge in [0.15, 0.2) is 5.16 Å². The van der Waals surface area contributed by atoms with Crippen LogP contribution in [0.3, 0.4) is 0 Å². The lowest BCUT2D eigenvalue weighted by Crippen LogP contribution is -2.15. The number of hydrogen-bond donors (Lipinski definition) is 1. The summed E-state index contributed by atoms with van der Waals surface area (Å²) in [5, 5.41) is 4.29. The van der Waals surface area contributed by atoms with Gasteiger partial charge in [-0.2, -0.15) is 0 Å². The van der Waals surface area contributed by atoms with Crippen LogP contribution in [0.25, 0.3) is 16.9 Å². The Balaban J connectivity index is 1.56. The first kappa shape index (κ1) is 20.3. The molecule has 1 aromatic heterocycles. The van der Waals surface area contributed by atoms with Crippen LogP contribution in [0.2, 0.25) is 5.02 Å². The van der Waals surface area contributed by atoms with Gasteiger partial charge in [0, 0.05) is 28.2 Å². The molecule has 3 aromatic carbocycles. The summed E-state index contributed by atoms with van der Waals surface area (Å²) in [7, 11) is 0. The number of halogens is 1. The third-order valence-electron chi connectivity index (χ3n) is 4.58. The van der Waals surface area contributed by atoms with E-state index in [0.717, 1.165) is 33.4 Å². The highest BCUT2D eigenvalue weighted by Gasteiger charge is 2.14. The number of para-hydroxylation sites is 1. The Labute approximate surface area is 184 Å². The molecule has 0 spiro atoms. The molecule has 4 rings (SSSR count). The zero-order valence-corrected chi connectivity index (χ0v) is 18.0. The molecule has 1 N–H and O–H groups in total. The molecule has 0 unspecified atom stereocenters. The van der Waals surface area contributed by atoms with E-state index in [-0.39, 0.29) is 11.7 Å². The summed E-state index contributed by atoms with van der Waals surface area (Å²) in [6.07, 6.45) is 2.01. The van der Waals surface area contributed by atoms with E-state index in [2.05, 4.69) is 5.32 Å². The molecule has 0 bridgehead atoms. The van der Waals surface area contributed by atoms with Crippen molar-refractivity contribution in [2.45, 2.75) is 12.1 Å². The second-order valence-electron chi connectivity index (χ2n) is 6.78. The molecule has 0 radical (unpaired) electrons. The van der Waals surface area contributed by atoms with Gasteiger partial charge < -0.3 is 5.32 Å². The zero-order valence-electron chi connectivity index (χ0n) is 16.4. The van der Waals surface area contributed by atoms with Crippen molar-refractivity contribution in [2.75, 3.05) is 11.1 Å². The molecule has 0 fully saturated rings. The van der Waals surface area contributed by atoms with Crippen LogP contribution in [-0.4, -0.2) is 21.2 Å². The maximum Gasteiger partial charge on any atom is 0.234 e. The summed E-state index contributed by atoms with van der Waals surface area (Å²) in [5.41, 5.74) is 4.60. The van der Waals surface area contributed by atoms with Gasteiger partial charge in [-0.1, -0.05) is 78.0 Å². The van der Waals surface area contributed by atoms with E-state index in [1.54, 1.807) is 6.07 Å². The monoisotopic (exact) mass is 433 g/mol. The molecular formula is C24H20ClN3OS. The van der Waals surface area contributed by atoms with Gasteiger partial charge in [-0.25, -0.2) is 4.98 Å². The van der Waals surface area contributed by atoms with Crippen LogP contribution in [0, 0.1) is 6.92 Å². The third kappa shape index (κ3) is 4.75. The smallest absolute Gasteiger partial charge is 0.234 e. The minimum atomic E-state index is -0.103. The number of carbonyl (C=O) groups excluding carboxylic acids is 1. The fraction of sp³-hybridized carbons (Fsp3) is 0.0833. The average molecular weight is 434 g/mol. The molecule has 150 valence electrons. The van der Waals surface area contributed by atoms with E-state index in [9.17, 15) is 4.79 Å². The summed E-state index contributed by atoms with van der Waals surface area (Å²) < 4.78 is 2.02. The number of aryl methyl sites for hydroxylation is 1. The molecule has 1 amide bonds. The number of imidazole rings is 1. The predicted molar refractivity (Wildman–Crippen MR) is 125 cm³/mol. The van der Waals surface area contributed by atoms with Crippen LogP contribution < -0.4 is 5.32 Å². The van der Waals surface area contributed by atoms with Crippen molar-refractivity contribution < 1.29 is 4.79 Å². The maximum atomic E-state index is 12.6. The largest absolute Gasteiger partial charge is 0.325 e. The lowest BCUT2D eigenvalue weighted by Gasteiger charge is -2.09.